The Morgan fingerprint density at radius 3 is 3.00 bits per heavy atom. The second-order valence-corrected chi connectivity index (χ2v) is 5.34. The van der Waals surface area contributed by atoms with Gasteiger partial charge < -0.3 is 5.21 Å². The number of hydrogen-bond donors (Lipinski definition) is 1. The van der Waals surface area contributed by atoms with E-state index in [0.717, 1.165) is 17.0 Å². The second kappa shape index (κ2) is 4.00. The maximum absolute atomic E-state index is 9.05. The molecular weight excluding hydrogens is 230 g/mol. The number of aryl methyl sites for hydroxylation is 1. The highest BCUT2D eigenvalue weighted by atomic mass is 32.1. The van der Waals surface area contributed by atoms with Gasteiger partial charge in [-0.15, -0.1) is 11.3 Å². The van der Waals surface area contributed by atoms with Crippen molar-refractivity contribution >= 4 is 17.0 Å². The number of nitrogens with zero attached hydrogens (tertiary/aromatic N) is 1. The van der Waals surface area contributed by atoms with Crippen LogP contribution in [-0.2, 0) is 0 Å². The molecule has 1 N–H and O–H groups in total. The molecule has 3 heteroatoms. The van der Waals surface area contributed by atoms with E-state index in [9.17, 15) is 0 Å². The molecular formula is C14H13NOS. The lowest BCUT2D eigenvalue weighted by Gasteiger charge is -2.10. The van der Waals surface area contributed by atoms with Gasteiger partial charge in [0.05, 0.1) is 10.6 Å². The highest BCUT2D eigenvalue weighted by Gasteiger charge is 2.30. The standard InChI is InChI=1S/C14H13NOS/c1-9-3-2-4-10(7-9)12-8-13(15-16)14-11(12)5-6-17-14/h2-7,12,16H,8H2,1H3/b15-13-. The topological polar surface area (TPSA) is 32.6 Å². The molecule has 0 spiro atoms. The number of oxime groups is 1. The number of benzene rings is 1. The minimum Gasteiger partial charge on any atom is -0.411 e. The van der Waals surface area contributed by atoms with Gasteiger partial charge in [-0.25, -0.2) is 0 Å². The molecule has 3 rings (SSSR count). The Morgan fingerprint density at radius 2 is 2.24 bits per heavy atom. The van der Waals surface area contributed by atoms with Crippen LogP contribution in [0, 0.1) is 6.92 Å². The first-order chi connectivity index (χ1) is 8.29. The summed E-state index contributed by atoms with van der Waals surface area (Å²) < 4.78 is 0. The average Bonchev–Trinajstić information content (AvgIpc) is 2.89. The Hall–Kier alpha value is -1.61. The van der Waals surface area contributed by atoms with Crippen molar-refractivity contribution in [1.82, 2.24) is 0 Å². The molecule has 1 aromatic heterocycles. The number of rotatable bonds is 1. The lowest BCUT2D eigenvalue weighted by molar-refractivity contribution is 0.318. The van der Waals surface area contributed by atoms with Gasteiger partial charge in [0.25, 0.3) is 0 Å². The molecule has 1 aliphatic rings. The van der Waals surface area contributed by atoms with E-state index >= 15 is 0 Å². The molecule has 0 bridgehead atoms. The van der Waals surface area contributed by atoms with Gasteiger partial charge in [0.15, 0.2) is 0 Å². The summed E-state index contributed by atoms with van der Waals surface area (Å²) in [6, 6.07) is 10.7. The summed E-state index contributed by atoms with van der Waals surface area (Å²) in [5, 5.41) is 14.5. The zero-order valence-electron chi connectivity index (χ0n) is 9.55. The molecule has 1 aromatic carbocycles. The molecule has 0 fully saturated rings. The molecule has 0 saturated carbocycles. The quantitative estimate of drug-likeness (QED) is 0.600. The number of fused-ring (bicyclic) bond motifs is 1. The smallest absolute Gasteiger partial charge is 0.0979 e. The highest BCUT2D eigenvalue weighted by Crippen LogP contribution is 2.41. The van der Waals surface area contributed by atoms with Gasteiger partial charge in [-0.1, -0.05) is 35.0 Å². The summed E-state index contributed by atoms with van der Waals surface area (Å²) in [6.07, 6.45) is 0.808. The van der Waals surface area contributed by atoms with E-state index in [1.165, 1.54) is 16.7 Å². The van der Waals surface area contributed by atoms with Crippen molar-refractivity contribution in [2.75, 3.05) is 0 Å². The van der Waals surface area contributed by atoms with Crippen molar-refractivity contribution < 1.29 is 5.21 Å². The lowest BCUT2D eigenvalue weighted by atomic mass is 9.93. The zero-order chi connectivity index (χ0) is 11.8. The van der Waals surface area contributed by atoms with Crippen LogP contribution in [-0.4, -0.2) is 10.9 Å². The lowest BCUT2D eigenvalue weighted by Crippen LogP contribution is -1.98. The van der Waals surface area contributed by atoms with E-state index < -0.39 is 0 Å². The molecule has 0 radical (unpaired) electrons. The van der Waals surface area contributed by atoms with Crippen LogP contribution in [0.4, 0.5) is 0 Å². The zero-order valence-corrected chi connectivity index (χ0v) is 10.4. The third-order valence-corrected chi connectivity index (χ3v) is 4.28. The molecule has 0 amide bonds. The van der Waals surface area contributed by atoms with Crippen LogP contribution >= 0.6 is 11.3 Å². The molecule has 1 aliphatic carbocycles. The molecule has 1 heterocycles. The molecule has 0 aliphatic heterocycles. The van der Waals surface area contributed by atoms with Crippen molar-refractivity contribution in [3.8, 4) is 0 Å². The molecule has 17 heavy (non-hydrogen) atoms. The van der Waals surface area contributed by atoms with Crippen LogP contribution in [0.2, 0.25) is 0 Å². The Balaban J connectivity index is 2.08. The van der Waals surface area contributed by atoms with Crippen molar-refractivity contribution in [2.24, 2.45) is 5.16 Å². The highest BCUT2D eigenvalue weighted by molar-refractivity contribution is 7.12. The summed E-state index contributed by atoms with van der Waals surface area (Å²) in [4.78, 5) is 1.14. The molecule has 86 valence electrons. The minimum atomic E-state index is 0.349. The predicted octanol–water partition coefficient (Wildman–Crippen LogP) is 3.77. The normalized spacial score (nSPS) is 20.8. The van der Waals surface area contributed by atoms with Gasteiger partial charge in [-0.3, -0.25) is 0 Å². The van der Waals surface area contributed by atoms with E-state index in [0.29, 0.717) is 5.92 Å². The van der Waals surface area contributed by atoms with Crippen molar-refractivity contribution in [3.05, 3.63) is 57.3 Å². The Morgan fingerprint density at radius 1 is 1.35 bits per heavy atom. The fraction of sp³-hybridized carbons (Fsp3) is 0.214. The largest absolute Gasteiger partial charge is 0.411 e. The first-order valence-corrected chi connectivity index (χ1v) is 6.53. The third-order valence-electron chi connectivity index (χ3n) is 3.30. The average molecular weight is 243 g/mol. The van der Waals surface area contributed by atoms with Crippen LogP contribution in [0.1, 0.15) is 33.9 Å². The van der Waals surface area contributed by atoms with E-state index in [1.54, 1.807) is 11.3 Å². The van der Waals surface area contributed by atoms with Crippen LogP contribution in [0.3, 0.4) is 0 Å². The first kappa shape index (κ1) is 10.5. The van der Waals surface area contributed by atoms with E-state index in [4.69, 9.17) is 5.21 Å². The molecule has 1 atom stereocenters. The van der Waals surface area contributed by atoms with Gasteiger partial charge in [0.2, 0.25) is 0 Å². The maximum atomic E-state index is 9.05. The molecule has 2 aromatic rings. The van der Waals surface area contributed by atoms with E-state index in [1.807, 2.05) is 0 Å². The van der Waals surface area contributed by atoms with E-state index in [-0.39, 0.29) is 0 Å². The minimum absolute atomic E-state index is 0.349. The number of thiophene rings is 1. The summed E-state index contributed by atoms with van der Waals surface area (Å²) in [5.74, 6) is 0.349. The van der Waals surface area contributed by atoms with Crippen molar-refractivity contribution in [2.45, 2.75) is 19.3 Å². The van der Waals surface area contributed by atoms with Crippen LogP contribution in [0.25, 0.3) is 0 Å². The van der Waals surface area contributed by atoms with Gasteiger partial charge in [-0.2, -0.15) is 0 Å². The predicted molar refractivity (Wildman–Crippen MR) is 70.3 cm³/mol. The molecule has 0 saturated heterocycles. The fourth-order valence-electron chi connectivity index (χ4n) is 2.49. The monoisotopic (exact) mass is 243 g/mol. The molecule has 1 unspecified atom stereocenters. The van der Waals surface area contributed by atoms with Gasteiger partial charge in [0.1, 0.15) is 0 Å². The Kier molecular flexibility index (Phi) is 2.48. The second-order valence-electron chi connectivity index (χ2n) is 4.42. The van der Waals surface area contributed by atoms with Crippen LogP contribution in [0.5, 0.6) is 0 Å². The number of hydrogen-bond acceptors (Lipinski definition) is 3. The van der Waals surface area contributed by atoms with Crippen LogP contribution in [0.15, 0.2) is 40.9 Å². The third kappa shape index (κ3) is 1.67. The summed E-state index contributed by atoms with van der Waals surface area (Å²) in [6.45, 7) is 2.11. The van der Waals surface area contributed by atoms with Gasteiger partial charge >= 0.3 is 0 Å². The van der Waals surface area contributed by atoms with Gasteiger partial charge in [-0.05, 0) is 29.5 Å². The SMILES string of the molecule is Cc1cccc(C2C/C(=N/O)c3sccc32)c1. The van der Waals surface area contributed by atoms with Gasteiger partial charge in [0, 0.05) is 12.3 Å². The first-order valence-electron chi connectivity index (χ1n) is 5.65. The van der Waals surface area contributed by atoms with Crippen LogP contribution < -0.4 is 0 Å². The summed E-state index contributed by atoms with van der Waals surface area (Å²) in [5.41, 5.74) is 4.70. The summed E-state index contributed by atoms with van der Waals surface area (Å²) in [7, 11) is 0. The Labute approximate surface area is 104 Å². The molecule has 2 nitrogen and oxygen atoms in total. The Bertz CT molecular complexity index is 585. The summed E-state index contributed by atoms with van der Waals surface area (Å²) >= 11 is 1.66. The van der Waals surface area contributed by atoms with Crippen molar-refractivity contribution in [1.29, 1.82) is 0 Å². The van der Waals surface area contributed by atoms with Crippen molar-refractivity contribution in [3.63, 3.8) is 0 Å². The maximum Gasteiger partial charge on any atom is 0.0979 e. The fourth-order valence-corrected chi connectivity index (χ4v) is 3.45. The van der Waals surface area contributed by atoms with E-state index in [2.05, 4.69) is 47.8 Å².